The molecule has 2 aromatic carbocycles. The molecule has 6 nitrogen and oxygen atoms in total. The molecule has 0 radical (unpaired) electrons. The Morgan fingerprint density at radius 2 is 2.04 bits per heavy atom. The predicted octanol–water partition coefficient (Wildman–Crippen LogP) is 4.30. The van der Waals surface area contributed by atoms with Crippen molar-refractivity contribution in [3.63, 3.8) is 0 Å². The van der Waals surface area contributed by atoms with E-state index in [1.54, 1.807) is 18.2 Å². The lowest BCUT2D eigenvalue weighted by atomic mass is 9.96. The molecule has 0 bridgehead atoms. The van der Waals surface area contributed by atoms with Gasteiger partial charge in [0.2, 0.25) is 11.7 Å². The molecule has 1 aliphatic heterocycles. The van der Waals surface area contributed by atoms with Crippen LogP contribution in [0.5, 0.6) is 0 Å². The molecule has 3 aromatic rings. The molecule has 1 aromatic heterocycles. The molecule has 1 unspecified atom stereocenters. The quantitative estimate of drug-likeness (QED) is 0.667. The van der Waals surface area contributed by atoms with Gasteiger partial charge in [-0.1, -0.05) is 22.8 Å². The Balaban J connectivity index is 1.52. The maximum Gasteiger partial charge on any atom is 0.254 e. The molecule has 1 atom stereocenters. The molecular weight excluding hydrogens is 376 g/mol. The summed E-state index contributed by atoms with van der Waals surface area (Å²) in [5.74, 6) is 1.10. The molecule has 28 heavy (non-hydrogen) atoms. The van der Waals surface area contributed by atoms with Crippen molar-refractivity contribution in [3.05, 3.63) is 64.5 Å². The Labute approximate surface area is 168 Å². The number of amides is 1. The number of aromatic nitrogens is 2. The average Bonchev–Trinajstić information content (AvgIpc) is 3.20. The van der Waals surface area contributed by atoms with E-state index in [1.807, 2.05) is 36.1 Å². The number of rotatable bonds is 3. The highest BCUT2D eigenvalue weighted by atomic mass is 35.5. The van der Waals surface area contributed by atoms with Gasteiger partial charge in [-0.05, 0) is 61.7 Å². The lowest BCUT2D eigenvalue weighted by Crippen LogP contribution is -2.39. The standard InChI is InChI=1S/C21H21ClN4O2/c1-13-4-9-17(23)11-18(13)21(27)26-10-2-3-15(12-26)20-24-19(25-28-20)14-5-7-16(22)8-6-14/h4-9,11,15H,2-3,10,12,23H2,1H3. The average molecular weight is 397 g/mol. The minimum Gasteiger partial charge on any atom is -0.399 e. The van der Waals surface area contributed by atoms with Crippen LogP contribution in [0.2, 0.25) is 5.02 Å². The van der Waals surface area contributed by atoms with Gasteiger partial charge in [0, 0.05) is 34.9 Å². The van der Waals surface area contributed by atoms with Gasteiger partial charge < -0.3 is 15.2 Å². The normalized spacial score (nSPS) is 16.9. The van der Waals surface area contributed by atoms with Crippen molar-refractivity contribution in [3.8, 4) is 11.4 Å². The number of carbonyl (C=O) groups is 1. The van der Waals surface area contributed by atoms with Gasteiger partial charge in [0.05, 0.1) is 5.92 Å². The number of aryl methyl sites for hydroxylation is 1. The number of hydrogen-bond acceptors (Lipinski definition) is 5. The second-order valence-corrected chi connectivity index (χ2v) is 7.56. The number of nitrogen functional groups attached to an aromatic ring is 1. The van der Waals surface area contributed by atoms with Crippen LogP contribution in [0.3, 0.4) is 0 Å². The molecule has 2 heterocycles. The van der Waals surface area contributed by atoms with Crippen LogP contribution in [0.4, 0.5) is 5.69 Å². The number of likely N-dealkylation sites (tertiary alicyclic amines) is 1. The fourth-order valence-electron chi connectivity index (χ4n) is 3.52. The number of piperidine rings is 1. The Kier molecular flexibility index (Phi) is 5.05. The molecule has 1 aliphatic rings. The molecule has 7 heteroatoms. The van der Waals surface area contributed by atoms with Crippen LogP contribution in [0.25, 0.3) is 11.4 Å². The van der Waals surface area contributed by atoms with E-state index in [4.69, 9.17) is 21.9 Å². The van der Waals surface area contributed by atoms with E-state index >= 15 is 0 Å². The van der Waals surface area contributed by atoms with E-state index in [2.05, 4.69) is 10.1 Å². The van der Waals surface area contributed by atoms with Gasteiger partial charge >= 0.3 is 0 Å². The summed E-state index contributed by atoms with van der Waals surface area (Å²) in [6.45, 7) is 3.18. The summed E-state index contributed by atoms with van der Waals surface area (Å²) in [6, 6.07) is 12.7. The second-order valence-electron chi connectivity index (χ2n) is 7.13. The molecule has 1 amide bonds. The number of benzene rings is 2. The third-order valence-electron chi connectivity index (χ3n) is 5.09. The summed E-state index contributed by atoms with van der Waals surface area (Å²) in [7, 11) is 0. The van der Waals surface area contributed by atoms with Crippen molar-refractivity contribution in [2.45, 2.75) is 25.7 Å². The monoisotopic (exact) mass is 396 g/mol. The van der Waals surface area contributed by atoms with Crippen molar-refractivity contribution in [1.29, 1.82) is 0 Å². The molecule has 4 rings (SSSR count). The maximum absolute atomic E-state index is 13.0. The van der Waals surface area contributed by atoms with Crippen LogP contribution in [0.1, 0.15) is 40.6 Å². The van der Waals surface area contributed by atoms with Gasteiger partial charge in [0.15, 0.2) is 0 Å². The Morgan fingerprint density at radius 3 is 2.82 bits per heavy atom. The molecule has 0 aliphatic carbocycles. The predicted molar refractivity (Wildman–Crippen MR) is 108 cm³/mol. The van der Waals surface area contributed by atoms with Crippen LogP contribution in [0, 0.1) is 6.92 Å². The SMILES string of the molecule is Cc1ccc(N)cc1C(=O)N1CCCC(c2nc(-c3ccc(Cl)cc3)no2)C1. The van der Waals surface area contributed by atoms with E-state index in [-0.39, 0.29) is 11.8 Å². The molecule has 1 saturated heterocycles. The zero-order valence-electron chi connectivity index (χ0n) is 15.6. The molecule has 2 N–H and O–H groups in total. The highest BCUT2D eigenvalue weighted by molar-refractivity contribution is 6.30. The van der Waals surface area contributed by atoms with Gasteiger partial charge in [-0.3, -0.25) is 4.79 Å². The van der Waals surface area contributed by atoms with Crippen molar-refractivity contribution >= 4 is 23.2 Å². The third kappa shape index (κ3) is 3.73. The van der Waals surface area contributed by atoms with E-state index in [1.165, 1.54) is 0 Å². The van der Waals surface area contributed by atoms with Crippen LogP contribution in [-0.4, -0.2) is 34.0 Å². The maximum atomic E-state index is 13.0. The van der Waals surface area contributed by atoms with Crippen LogP contribution in [-0.2, 0) is 0 Å². The summed E-state index contributed by atoms with van der Waals surface area (Å²) in [5.41, 5.74) is 8.87. The summed E-state index contributed by atoms with van der Waals surface area (Å²) < 4.78 is 5.51. The summed E-state index contributed by atoms with van der Waals surface area (Å²) in [4.78, 5) is 19.4. The summed E-state index contributed by atoms with van der Waals surface area (Å²) in [6.07, 6.45) is 1.79. The molecule has 1 fully saturated rings. The molecular formula is C21H21ClN4O2. The smallest absolute Gasteiger partial charge is 0.254 e. The largest absolute Gasteiger partial charge is 0.399 e. The first-order chi connectivity index (χ1) is 13.5. The Bertz CT molecular complexity index is 1000. The lowest BCUT2D eigenvalue weighted by molar-refractivity contribution is 0.0695. The van der Waals surface area contributed by atoms with Gasteiger partial charge in [-0.15, -0.1) is 0 Å². The lowest BCUT2D eigenvalue weighted by Gasteiger charge is -2.31. The van der Waals surface area contributed by atoms with Crippen molar-refractivity contribution in [1.82, 2.24) is 15.0 Å². The zero-order valence-corrected chi connectivity index (χ0v) is 16.3. The number of anilines is 1. The summed E-state index contributed by atoms with van der Waals surface area (Å²) >= 11 is 5.93. The van der Waals surface area contributed by atoms with Crippen LogP contribution < -0.4 is 5.73 Å². The number of carbonyl (C=O) groups excluding carboxylic acids is 1. The van der Waals surface area contributed by atoms with Crippen LogP contribution >= 0.6 is 11.6 Å². The molecule has 144 valence electrons. The van der Waals surface area contributed by atoms with Gasteiger partial charge in [-0.2, -0.15) is 4.98 Å². The first kappa shape index (κ1) is 18.5. The first-order valence-electron chi connectivity index (χ1n) is 9.26. The van der Waals surface area contributed by atoms with Crippen LogP contribution in [0.15, 0.2) is 47.0 Å². The number of hydrogen-bond donors (Lipinski definition) is 1. The van der Waals surface area contributed by atoms with Crippen molar-refractivity contribution in [2.24, 2.45) is 0 Å². The van der Waals surface area contributed by atoms with E-state index in [9.17, 15) is 4.79 Å². The van der Waals surface area contributed by atoms with E-state index in [0.29, 0.717) is 41.1 Å². The molecule has 0 spiro atoms. The zero-order chi connectivity index (χ0) is 19.7. The fourth-order valence-corrected chi connectivity index (χ4v) is 3.65. The number of halogens is 1. The Morgan fingerprint density at radius 1 is 1.25 bits per heavy atom. The summed E-state index contributed by atoms with van der Waals surface area (Å²) in [5, 5.41) is 4.75. The molecule has 0 saturated carbocycles. The minimum atomic E-state index is -0.00746. The Hall–Kier alpha value is -2.86. The third-order valence-corrected chi connectivity index (χ3v) is 5.35. The minimum absolute atomic E-state index is 0.00746. The highest BCUT2D eigenvalue weighted by Crippen LogP contribution is 2.29. The first-order valence-corrected chi connectivity index (χ1v) is 9.64. The van der Waals surface area contributed by atoms with Crippen molar-refractivity contribution < 1.29 is 9.32 Å². The highest BCUT2D eigenvalue weighted by Gasteiger charge is 2.29. The topological polar surface area (TPSA) is 85.3 Å². The fraction of sp³-hybridized carbons (Fsp3) is 0.286. The number of nitrogens with two attached hydrogens (primary N) is 1. The van der Waals surface area contributed by atoms with Gasteiger partial charge in [0.25, 0.3) is 5.91 Å². The van der Waals surface area contributed by atoms with E-state index in [0.717, 1.165) is 24.0 Å². The second kappa shape index (κ2) is 7.64. The van der Waals surface area contributed by atoms with Crippen molar-refractivity contribution in [2.75, 3.05) is 18.8 Å². The van der Waals surface area contributed by atoms with E-state index < -0.39 is 0 Å². The van der Waals surface area contributed by atoms with Gasteiger partial charge in [0.1, 0.15) is 0 Å². The number of nitrogens with zero attached hydrogens (tertiary/aromatic N) is 3. The van der Waals surface area contributed by atoms with Gasteiger partial charge in [-0.25, -0.2) is 0 Å².